The number of nitrogens with zero attached hydrogens (tertiary/aromatic N) is 1. The van der Waals surface area contributed by atoms with Crippen LogP contribution in [0.25, 0.3) is 0 Å². The van der Waals surface area contributed by atoms with Gasteiger partial charge in [0.2, 0.25) is 6.41 Å². The quantitative estimate of drug-likeness (QED) is 0.310. The topological polar surface area (TPSA) is 87.1 Å². The van der Waals surface area contributed by atoms with Crippen molar-refractivity contribution in [3.05, 3.63) is 71.0 Å². The Bertz CT molecular complexity index is 968. The molecule has 2 aromatic carbocycles. The number of halogens is 3. The second kappa shape index (κ2) is 10.8. The van der Waals surface area contributed by atoms with Crippen molar-refractivity contribution in [2.24, 2.45) is 5.92 Å². The van der Waals surface area contributed by atoms with Crippen LogP contribution in [0.4, 0.5) is 13.2 Å². The molecule has 1 unspecified atom stereocenters. The average Bonchev–Trinajstić information content (AvgIpc) is 2.81. The summed E-state index contributed by atoms with van der Waals surface area (Å²) in [4.78, 5) is 29.3. The second-order valence-electron chi connectivity index (χ2n) is 8.24. The number of hydroxylamine groups is 2. The minimum Gasteiger partial charge on any atom is -0.481 e. The summed E-state index contributed by atoms with van der Waals surface area (Å²) in [6.45, 7) is -0.128. The van der Waals surface area contributed by atoms with Crippen LogP contribution in [0.2, 0.25) is 0 Å². The van der Waals surface area contributed by atoms with Crippen LogP contribution in [0.3, 0.4) is 0 Å². The number of benzene rings is 2. The molecule has 178 valence electrons. The van der Waals surface area contributed by atoms with Crippen molar-refractivity contribution < 1.29 is 37.8 Å². The molecule has 33 heavy (non-hydrogen) atoms. The van der Waals surface area contributed by atoms with Crippen molar-refractivity contribution in [1.29, 1.82) is 0 Å². The molecule has 1 amide bonds. The van der Waals surface area contributed by atoms with Gasteiger partial charge >= 0.3 is 5.97 Å². The van der Waals surface area contributed by atoms with Gasteiger partial charge in [-0.2, -0.15) is 0 Å². The first-order valence-corrected chi connectivity index (χ1v) is 10.8. The van der Waals surface area contributed by atoms with Crippen LogP contribution in [-0.4, -0.2) is 33.7 Å². The van der Waals surface area contributed by atoms with Gasteiger partial charge in [0.25, 0.3) is 0 Å². The average molecular weight is 465 g/mol. The third-order valence-electron chi connectivity index (χ3n) is 6.18. The third kappa shape index (κ3) is 5.54. The number of amides is 1. The van der Waals surface area contributed by atoms with E-state index < -0.39 is 53.0 Å². The summed E-state index contributed by atoms with van der Waals surface area (Å²) < 4.78 is 42.7. The summed E-state index contributed by atoms with van der Waals surface area (Å²) in [7, 11) is 0. The molecule has 6 nitrogen and oxygen atoms in total. The predicted molar refractivity (Wildman–Crippen MR) is 112 cm³/mol. The summed E-state index contributed by atoms with van der Waals surface area (Å²) in [5.41, 5.74) is -2.27. The molecule has 1 aliphatic rings. The molecule has 1 saturated carbocycles. The molecular formula is C24H26F3NO5. The van der Waals surface area contributed by atoms with Gasteiger partial charge in [-0.3, -0.25) is 14.4 Å². The molecule has 2 aromatic rings. The van der Waals surface area contributed by atoms with Gasteiger partial charge < -0.3 is 10.2 Å². The first-order valence-electron chi connectivity index (χ1n) is 10.8. The molecule has 2 atom stereocenters. The van der Waals surface area contributed by atoms with Crippen molar-refractivity contribution in [2.75, 3.05) is 0 Å². The van der Waals surface area contributed by atoms with Crippen molar-refractivity contribution in [2.45, 2.75) is 56.8 Å². The first kappa shape index (κ1) is 24.7. The van der Waals surface area contributed by atoms with E-state index in [-0.39, 0.29) is 13.0 Å². The normalized spacial score (nSPS) is 17.2. The number of carboxylic acids is 1. The van der Waals surface area contributed by atoms with Crippen molar-refractivity contribution in [3.8, 4) is 0 Å². The number of carbonyl (C=O) groups excluding carboxylic acids is 1. The molecule has 0 bridgehead atoms. The van der Waals surface area contributed by atoms with Crippen molar-refractivity contribution in [1.82, 2.24) is 5.06 Å². The Kier molecular flexibility index (Phi) is 8.10. The molecule has 0 heterocycles. The van der Waals surface area contributed by atoms with E-state index in [2.05, 4.69) is 0 Å². The molecule has 1 fully saturated rings. The minimum atomic E-state index is -2.34. The lowest BCUT2D eigenvalue weighted by molar-refractivity contribution is -0.235. The molecule has 0 saturated heterocycles. The Morgan fingerprint density at radius 3 is 2.33 bits per heavy atom. The van der Waals surface area contributed by atoms with Crippen LogP contribution < -0.4 is 0 Å². The Labute approximate surface area is 189 Å². The Morgan fingerprint density at radius 2 is 1.73 bits per heavy atom. The Balaban J connectivity index is 2.08. The van der Waals surface area contributed by atoms with Crippen molar-refractivity contribution in [3.63, 3.8) is 0 Å². The summed E-state index contributed by atoms with van der Waals surface area (Å²) in [6.07, 6.45) is 2.38. The van der Waals surface area contributed by atoms with Gasteiger partial charge in [-0.05, 0) is 30.4 Å². The van der Waals surface area contributed by atoms with Gasteiger partial charge in [-0.1, -0.05) is 49.6 Å². The van der Waals surface area contributed by atoms with Gasteiger partial charge in [0.1, 0.15) is 24.1 Å². The van der Waals surface area contributed by atoms with E-state index in [1.165, 1.54) is 0 Å². The summed E-state index contributed by atoms with van der Waals surface area (Å²) in [5, 5.41) is 22.1. The fourth-order valence-corrected chi connectivity index (χ4v) is 4.57. The molecule has 2 N–H and O–H groups in total. The van der Waals surface area contributed by atoms with Crippen LogP contribution in [-0.2, 0) is 26.6 Å². The molecule has 0 aromatic heterocycles. The van der Waals surface area contributed by atoms with E-state index >= 15 is 0 Å². The lowest BCUT2D eigenvalue weighted by atomic mass is 9.68. The number of carboxylic acid groups (broad SMARTS) is 1. The van der Waals surface area contributed by atoms with Gasteiger partial charge in [0, 0.05) is 11.6 Å². The summed E-state index contributed by atoms with van der Waals surface area (Å²) in [6, 6.07) is 7.96. The van der Waals surface area contributed by atoms with E-state index in [0.717, 1.165) is 6.42 Å². The highest BCUT2D eigenvalue weighted by Gasteiger charge is 2.51. The first-order chi connectivity index (χ1) is 15.8. The highest BCUT2D eigenvalue weighted by atomic mass is 19.2. The number of aliphatic hydroxyl groups is 1. The minimum absolute atomic E-state index is 0.128. The fourth-order valence-electron chi connectivity index (χ4n) is 4.57. The number of rotatable bonds is 10. The van der Waals surface area contributed by atoms with Crippen LogP contribution in [0.1, 0.15) is 49.7 Å². The highest BCUT2D eigenvalue weighted by Crippen LogP contribution is 2.45. The Morgan fingerprint density at radius 1 is 1.09 bits per heavy atom. The van der Waals surface area contributed by atoms with E-state index in [1.807, 2.05) is 0 Å². The molecule has 0 radical (unpaired) electrons. The Hall–Kier alpha value is -2.91. The molecule has 0 aliphatic heterocycles. The lowest BCUT2D eigenvalue weighted by Gasteiger charge is -2.46. The number of aliphatic carboxylic acids is 1. The van der Waals surface area contributed by atoms with Crippen LogP contribution >= 0.6 is 0 Å². The SMILES string of the molecule is O=CN(OCc1ccccc1)[C@@H](CC(=O)O)C(O)(c1cc(F)c(F)cc1F)C1CCCCC1. The largest absolute Gasteiger partial charge is 0.481 e. The maximum Gasteiger partial charge on any atom is 0.305 e. The number of carbonyl (C=O) groups is 2. The van der Waals surface area contributed by atoms with Gasteiger partial charge in [-0.25, -0.2) is 18.2 Å². The van der Waals surface area contributed by atoms with Crippen LogP contribution in [0, 0.1) is 23.4 Å². The van der Waals surface area contributed by atoms with Gasteiger partial charge in [-0.15, -0.1) is 0 Å². The molecular weight excluding hydrogens is 439 g/mol. The standard InChI is InChI=1S/C24H26F3NO5/c25-19-12-21(27)20(26)11-18(19)24(32,17-9-5-2-6-10-17)22(13-23(30)31)28(15-29)33-14-16-7-3-1-4-8-16/h1,3-4,7-8,11-12,15,17,22,32H,2,5-6,9-10,13-14H2,(H,30,31)/t22-,24?/m0/s1. The molecule has 9 heteroatoms. The van der Waals surface area contributed by atoms with E-state index in [9.17, 15) is 33.0 Å². The zero-order valence-corrected chi connectivity index (χ0v) is 17.9. The number of hydrogen-bond donors (Lipinski definition) is 2. The zero-order valence-electron chi connectivity index (χ0n) is 17.9. The van der Waals surface area contributed by atoms with Gasteiger partial charge in [0.15, 0.2) is 11.6 Å². The zero-order chi connectivity index (χ0) is 24.0. The van der Waals surface area contributed by atoms with Gasteiger partial charge in [0.05, 0.1) is 6.42 Å². The highest BCUT2D eigenvalue weighted by molar-refractivity contribution is 5.68. The number of hydrogen-bond acceptors (Lipinski definition) is 4. The predicted octanol–water partition coefficient (Wildman–Crippen LogP) is 4.31. The molecule has 3 rings (SSSR count). The third-order valence-corrected chi connectivity index (χ3v) is 6.18. The summed E-state index contributed by atoms with van der Waals surface area (Å²) in [5.74, 6) is -6.15. The molecule has 0 spiro atoms. The van der Waals surface area contributed by atoms with E-state index in [4.69, 9.17) is 4.84 Å². The maximum absolute atomic E-state index is 14.9. The second-order valence-corrected chi connectivity index (χ2v) is 8.24. The summed E-state index contributed by atoms with van der Waals surface area (Å²) >= 11 is 0. The smallest absolute Gasteiger partial charge is 0.305 e. The monoisotopic (exact) mass is 465 g/mol. The fraction of sp³-hybridized carbons (Fsp3) is 0.417. The van der Waals surface area contributed by atoms with E-state index in [0.29, 0.717) is 48.4 Å². The lowest BCUT2D eigenvalue weighted by Crippen LogP contribution is -2.56. The maximum atomic E-state index is 14.9. The van der Waals surface area contributed by atoms with Crippen LogP contribution in [0.15, 0.2) is 42.5 Å². The van der Waals surface area contributed by atoms with Crippen molar-refractivity contribution >= 4 is 12.4 Å². The van der Waals surface area contributed by atoms with E-state index in [1.54, 1.807) is 30.3 Å². The van der Waals surface area contributed by atoms with Crippen LogP contribution in [0.5, 0.6) is 0 Å². The molecule has 1 aliphatic carbocycles.